The lowest BCUT2D eigenvalue weighted by molar-refractivity contribution is -0.128. The van der Waals surface area contributed by atoms with E-state index in [0.717, 1.165) is 0 Å². The van der Waals surface area contributed by atoms with Crippen LogP contribution in [0.2, 0.25) is 0 Å². The zero-order valence-corrected chi connectivity index (χ0v) is 10.8. The Kier molecular flexibility index (Phi) is 6.10. The van der Waals surface area contributed by atoms with E-state index in [1.165, 1.54) is 0 Å². The second-order valence-corrected chi connectivity index (χ2v) is 4.25. The van der Waals surface area contributed by atoms with Crippen LogP contribution in [0.3, 0.4) is 0 Å². The van der Waals surface area contributed by atoms with Gasteiger partial charge >= 0.3 is 5.97 Å². The van der Waals surface area contributed by atoms with Crippen molar-refractivity contribution < 1.29 is 29.6 Å². The molecule has 0 aliphatic carbocycles. The highest BCUT2D eigenvalue weighted by molar-refractivity contribution is 5.91. The molecule has 0 aromatic heterocycles. The number of aliphatic hydroxyl groups is 3. The monoisotopic (exact) mass is 283 g/mol. The van der Waals surface area contributed by atoms with E-state index in [1.54, 1.807) is 30.3 Å². The van der Waals surface area contributed by atoms with Gasteiger partial charge in [0, 0.05) is 0 Å². The molecule has 0 aliphatic heterocycles. The van der Waals surface area contributed by atoms with Crippen molar-refractivity contribution in [2.24, 2.45) is 0 Å². The maximum Gasteiger partial charge on any atom is 0.338 e. The van der Waals surface area contributed by atoms with Gasteiger partial charge < -0.3 is 25.4 Å². The van der Waals surface area contributed by atoms with Gasteiger partial charge in [-0.2, -0.15) is 0 Å². The van der Waals surface area contributed by atoms with Crippen LogP contribution in [0.25, 0.3) is 0 Å². The summed E-state index contributed by atoms with van der Waals surface area (Å²) in [5.41, 5.74) is -1.23. The summed E-state index contributed by atoms with van der Waals surface area (Å²) in [6.07, 6.45) is 0. The van der Waals surface area contributed by atoms with Gasteiger partial charge in [0.1, 0.15) is 5.54 Å². The van der Waals surface area contributed by atoms with Crippen molar-refractivity contribution in [3.8, 4) is 0 Å². The minimum atomic E-state index is -1.53. The molecule has 7 heteroatoms. The van der Waals surface area contributed by atoms with Crippen LogP contribution in [0.5, 0.6) is 0 Å². The number of carbonyl (C=O) groups excluding carboxylic acids is 2. The first-order chi connectivity index (χ1) is 9.56. The fourth-order valence-corrected chi connectivity index (χ4v) is 1.39. The van der Waals surface area contributed by atoms with Crippen molar-refractivity contribution >= 4 is 11.9 Å². The number of benzene rings is 1. The Balaban J connectivity index is 2.50. The average molecular weight is 283 g/mol. The number of carbonyl (C=O) groups is 2. The fourth-order valence-electron chi connectivity index (χ4n) is 1.39. The van der Waals surface area contributed by atoms with Gasteiger partial charge in [0.25, 0.3) is 5.91 Å². The summed E-state index contributed by atoms with van der Waals surface area (Å²) in [6.45, 7) is -2.50. The second-order valence-electron chi connectivity index (χ2n) is 4.25. The number of aliphatic hydroxyl groups excluding tert-OH is 3. The number of rotatable bonds is 7. The van der Waals surface area contributed by atoms with Gasteiger partial charge in [-0.1, -0.05) is 18.2 Å². The average Bonchev–Trinajstić information content (AvgIpc) is 2.51. The minimum Gasteiger partial charge on any atom is -0.452 e. The van der Waals surface area contributed by atoms with Gasteiger partial charge in [-0.3, -0.25) is 4.79 Å². The summed E-state index contributed by atoms with van der Waals surface area (Å²) in [5.74, 6) is -1.39. The Morgan fingerprint density at radius 1 is 1.05 bits per heavy atom. The molecule has 1 aromatic carbocycles. The molecule has 4 N–H and O–H groups in total. The van der Waals surface area contributed by atoms with Crippen LogP contribution in [0.1, 0.15) is 10.4 Å². The fraction of sp³-hybridized carbons (Fsp3) is 0.385. The third-order valence-corrected chi connectivity index (χ3v) is 2.66. The highest BCUT2D eigenvalue weighted by atomic mass is 16.5. The zero-order chi connectivity index (χ0) is 15.0. The van der Waals surface area contributed by atoms with E-state index in [4.69, 9.17) is 20.1 Å². The number of ether oxygens (including phenoxy) is 1. The Bertz CT molecular complexity index is 435. The predicted molar refractivity (Wildman–Crippen MR) is 68.9 cm³/mol. The van der Waals surface area contributed by atoms with Crippen LogP contribution in [0.4, 0.5) is 0 Å². The molecular formula is C13H17NO6. The SMILES string of the molecule is O=C(COC(=O)c1ccccc1)NC(CO)(CO)CO. The largest absolute Gasteiger partial charge is 0.452 e. The predicted octanol–water partition coefficient (Wildman–Crippen LogP) is -1.32. The molecular weight excluding hydrogens is 266 g/mol. The quantitative estimate of drug-likeness (QED) is 0.461. The lowest BCUT2D eigenvalue weighted by Crippen LogP contribution is -2.57. The van der Waals surface area contributed by atoms with Crippen LogP contribution < -0.4 is 5.32 Å². The number of hydrogen-bond donors (Lipinski definition) is 4. The molecule has 0 bridgehead atoms. The molecule has 0 heterocycles. The van der Waals surface area contributed by atoms with Crippen molar-refractivity contribution in [2.75, 3.05) is 26.4 Å². The molecule has 1 rings (SSSR count). The van der Waals surface area contributed by atoms with Crippen molar-refractivity contribution in [3.05, 3.63) is 35.9 Å². The molecule has 7 nitrogen and oxygen atoms in total. The normalized spacial score (nSPS) is 10.9. The summed E-state index contributed by atoms with van der Waals surface area (Å²) in [5, 5.41) is 29.3. The maximum absolute atomic E-state index is 11.6. The van der Waals surface area contributed by atoms with Gasteiger partial charge in [0.15, 0.2) is 6.61 Å². The summed E-state index contributed by atoms with van der Waals surface area (Å²) in [6, 6.07) is 8.14. The van der Waals surface area contributed by atoms with E-state index in [-0.39, 0.29) is 0 Å². The van der Waals surface area contributed by atoms with Gasteiger partial charge in [-0.25, -0.2) is 4.79 Å². The summed E-state index contributed by atoms with van der Waals surface area (Å²) >= 11 is 0. The second kappa shape index (κ2) is 7.59. The van der Waals surface area contributed by atoms with E-state index in [9.17, 15) is 9.59 Å². The summed E-state index contributed by atoms with van der Waals surface area (Å²) < 4.78 is 4.77. The van der Waals surface area contributed by atoms with Gasteiger partial charge in [0.05, 0.1) is 25.4 Å². The van der Waals surface area contributed by atoms with Crippen molar-refractivity contribution in [1.29, 1.82) is 0 Å². The van der Waals surface area contributed by atoms with Crippen LogP contribution >= 0.6 is 0 Å². The maximum atomic E-state index is 11.6. The van der Waals surface area contributed by atoms with E-state index >= 15 is 0 Å². The Morgan fingerprint density at radius 2 is 1.60 bits per heavy atom. The molecule has 0 atom stereocenters. The van der Waals surface area contributed by atoms with Gasteiger partial charge in [0.2, 0.25) is 0 Å². The molecule has 110 valence electrons. The van der Waals surface area contributed by atoms with Crippen molar-refractivity contribution in [2.45, 2.75) is 5.54 Å². The Morgan fingerprint density at radius 3 is 2.10 bits per heavy atom. The molecule has 20 heavy (non-hydrogen) atoms. The first-order valence-corrected chi connectivity index (χ1v) is 5.92. The van der Waals surface area contributed by atoms with Crippen LogP contribution in [-0.4, -0.2) is 59.2 Å². The highest BCUT2D eigenvalue weighted by Gasteiger charge is 2.30. The highest BCUT2D eigenvalue weighted by Crippen LogP contribution is 2.03. The topological polar surface area (TPSA) is 116 Å². The number of nitrogens with one attached hydrogen (secondary N) is 1. The van der Waals surface area contributed by atoms with E-state index < -0.39 is 43.8 Å². The molecule has 0 fully saturated rings. The zero-order valence-electron chi connectivity index (χ0n) is 10.8. The van der Waals surface area contributed by atoms with Crippen LogP contribution in [-0.2, 0) is 9.53 Å². The lowest BCUT2D eigenvalue weighted by Gasteiger charge is -2.28. The third-order valence-electron chi connectivity index (χ3n) is 2.66. The molecule has 0 radical (unpaired) electrons. The molecule has 1 aromatic rings. The minimum absolute atomic E-state index is 0.304. The molecule has 1 amide bonds. The van der Waals surface area contributed by atoms with Crippen LogP contribution in [0, 0.1) is 0 Å². The van der Waals surface area contributed by atoms with Gasteiger partial charge in [-0.05, 0) is 12.1 Å². The van der Waals surface area contributed by atoms with E-state index in [1.807, 2.05) is 0 Å². The Hall–Kier alpha value is -1.96. The van der Waals surface area contributed by atoms with Crippen LogP contribution in [0.15, 0.2) is 30.3 Å². The molecule has 0 aliphatic rings. The number of hydrogen-bond acceptors (Lipinski definition) is 6. The smallest absolute Gasteiger partial charge is 0.338 e. The first kappa shape index (κ1) is 16.1. The molecule has 0 unspecified atom stereocenters. The van der Waals surface area contributed by atoms with E-state index in [0.29, 0.717) is 5.56 Å². The van der Waals surface area contributed by atoms with Crippen molar-refractivity contribution in [1.82, 2.24) is 5.32 Å². The lowest BCUT2D eigenvalue weighted by atomic mass is 10.0. The number of esters is 1. The summed E-state index contributed by atoms with van der Waals surface area (Å²) in [7, 11) is 0. The first-order valence-electron chi connectivity index (χ1n) is 5.92. The number of amides is 1. The summed E-state index contributed by atoms with van der Waals surface area (Å²) in [4.78, 5) is 23.1. The standard InChI is InChI=1S/C13H17NO6/c15-7-13(8-16,9-17)14-11(18)6-20-12(19)10-4-2-1-3-5-10/h1-5,15-17H,6-9H2,(H,14,18). The molecule has 0 saturated carbocycles. The Labute approximate surface area is 115 Å². The molecule has 0 saturated heterocycles. The van der Waals surface area contributed by atoms with E-state index in [2.05, 4.69) is 5.32 Å². The van der Waals surface area contributed by atoms with Gasteiger partial charge in [-0.15, -0.1) is 0 Å². The molecule has 0 spiro atoms. The third kappa shape index (κ3) is 4.30. The van der Waals surface area contributed by atoms with Crippen molar-refractivity contribution in [3.63, 3.8) is 0 Å².